The second kappa shape index (κ2) is 8.82. The van der Waals surface area contributed by atoms with E-state index in [-0.39, 0.29) is 34.3 Å². The van der Waals surface area contributed by atoms with Gasteiger partial charge in [-0.05, 0) is 31.9 Å². The lowest BCUT2D eigenvalue weighted by atomic mass is 10.1. The number of hydrogen-bond acceptors (Lipinski definition) is 8. The van der Waals surface area contributed by atoms with Gasteiger partial charge in [0.05, 0.1) is 18.8 Å². The van der Waals surface area contributed by atoms with Crippen LogP contribution in [0.25, 0.3) is 5.65 Å². The second-order valence-corrected chi connectivity index (χ2v) is 7.04. The minimum Gasteiger partial charge on any atom is -0.462 e. The minimum absolute atomic E-state index is 0.125. The van der Waals surface area contributed by atoms with Crippen LogP contribution in [0.2, 0.25) is 0 Å². The molecule has 0 aromatic carbocycles. The predicted molar refractivity (Wildman–Crippen MR) is 107 cm³/mol. The first-order valence-electron chi connectivity index (χ1n) is 9.05. The van der Waals surface area contributed by atoms with Gasteiger partial charge in [0.1, 0.15) is 9.88 Å². The van der Waals surface area contributed by atoms with E-state index in [0.717, 1.165) is 11.3 Å². The van der Waals surface area contributed by atoms with Crippen LogP contribution in [-0.4, -0.2) is 45.7 Å². The fourth-order valence-electron chi connectivity index (χ4n) is 2.61. The van der Waals surface area contributed by atoms with Crippen molar-refractivity contribution >= 4 is 39.8 Å². The molecule has 0 aliphatic rings. The number of ether oxygens (including phenoxy) is 2. The highest BCUT2D eigenvalue weighted by Crippen LogP contribution is 2.34. The van der Waals surface area contributed by atoms with E-state index < -0.39 is 17.8 Å². The monoisotopic (exact) mass is 416 g/mol. The number of carbonyl (C=O) groups excluding carboxylic acids is 3. The number of anilines is 1. The molecule has 10 heteroatoms. The van der Waals surface area contributed by atoms with Gasteiger partial charge in [-0.2, -0.15) is 5.10 Å². The predicted octanol–water partition coefficient (Wildman–Crippen LogP) is 3.10. The summed E-state index contributed by atoms with van der Waals surface area (Å²) in [5.74, 6) is -1.70. The molecule has 1 amide bonds. The van der Waals surface area contributed by atoms with Crippen LogP contribution in [0.5, 0.6) is 0 Å². The quantitative estimate of drug-likeness (QED) is 0.589. The summed E-state index contributed by atoms with van der Waals surface area (Å²) >= 11 is 0.968. The van der Waals surface area contributed by atoms with E-state index in [2.05, 4.69) is 15.4 Å². The maximum Gasteiger partial charge on any atom is 0.348 e. The smallest absolute Gasteiger partial charge is 0.348 e. The number of hydrogen-bond donors (Lipinski definition) is 1. The van der Waals surface area contributed by atoms with Crippen LogP contribution in [0, 0.1) is 6.92 Å². The molecule has 0 fully saturated rings. The van der Waals surface area contributed by atoms with Gasteiger partial charge >= 0.3 is 11.9 Å². The van der Waals surface area contributed by atoms with E-state index in [4.69, 9.17) is 9.47 Å². The number of thiophene rings is 1. The summed E-state index contributed by atoms with van der Waals surface area (Å²) in [7, 11) is 0. The molecule has 0 bridgehead atoms. The topological polar surface area (TPSA) is 112 Å². The molecular formula is C19H20N4O5S. The largest absolute Gasteiger partial charge is 0.462 e. The Kier molecular flexibility index (Phi) is 6.23. The van der Waals surface area contributed by atoms with E-state index in [1.807, 2.05) is 6.92 Å². The number of aromatic nitrogens is 3. The fraction of sp³-hybridized carbons (Fsp3) is 0.316. The summed E-state index contributed by atoms with van der Waals surface area (Å²) < 4.78 is 11.7. The summed E-state index contributed by atoms with van der Waals surface area (Å²) in [6.45, 7) is 5.61. The van der Waals surface area contributed by atoms with E-state index in [1.165, 1.54) is 10.6 Å². The van der Waals surface area contributed by atoms with Crippen molar-refractivity contribution in [1.29, 1.82) is 0 Å². The number of amides is 1. The SMILES string of the molecule is CCCOC(=O)c1c(NC(=O)c2cc3ncccn3n2)sc(C(=O)OCC)c1C. The summed E-state index contributed by atoms with van der Waals surface area (Å²) in [5.41, 5.74) is 1.18. The molecule has 0 saturated carbocycles. The van der Waals surface area contributed by atoms with Crippen LogP contribution in [0.1, 0.15) is 56.3 Å². The van der Waals surface area contributed by atoms with Crippen LogP contribution >= 0.6 is 11.3 Å². The lowest BCUT2D eigenvalue weighted by Crippen LogP contribution is -2.15. The van der Waals surface area contributed by atoms with E-state index in [9.17, 15) is 14.4 Å². The summed E-state index contributed by atoms with van der Waals surface area (Å²) in [4.78, 5) is 41.9. The van der Waals surface area contributed by atoms with Gasteiger partial charge in [0.2, 0.25) is 0 Å². The molecule has 9 nitrogen and oxygen atoms in total. The Hall–Kier alpha value is -3.27. The first kappa shape index (κ1) is 20.5. The maximum atomic E-state index is 12.7. The van der Waals surface area contributed by atoms with Crippen molar-refractivity contribution in [3.63, 3.8) is 0 Å². The first-order chi connectivity index (χ1) is 14.0. The van der Waals surface area contributed by atoms with Crippen molar-refractivity contribution in [2.75, 3.05) is 18.5 Å². The van der Waals surface area contributed by atoms with Gasteiger partial charge < -0.3 is 14.8 Å². The molecule has 0 atom stereocenters. The highest BCUT2D eigenvalue weighted by atomic mass is 32.1. The molecule has 0 saturated heterocycles. The Morgan fingerprint density at radius 2 is 2.00 bits per heavy atom. The fourth-order valence-corrected chi connectivity index (χ4v) is 3.70. The Morgan fingerprint density at radius 1 is 1.21 bits per heavy atom. The molecule has 3 heterocycles. The van der Waals surface area contributed by atoms with Crippen molar-refractivity contribution in [2.24, 2.45) is 0 Å². The molecule has 0 spiro atoms. The van der Waals surface area contributed by atoms with Crippen molar-refractivity contribution in [1.82, 2.24) is 14.6 Å². The number of rotatable bonds is 7. The standard InChI is InChI=1S/C19H20N4O5S/c1-4-9-28-18(25)14-11(3)15(19(26)27-5-2)29-17(14)21-16(24)12-10-13-20-7-6-8-23(13)22-12/h6-8,10H,4-5,9H2,1-3H3,(H,21,24). The average molecular weight is 416 g/mol. The molecule has 1 N–H and O–H groups in total. The van der Waals surface area contributed by atoms with E-state index >= 15 is 0 Å². The molecule has 3 rings (SSSR count). The van der Waals surface area contributed by atoms with Crippen LogP contribution < -0.4 is 5.32 Å². The highest BCUT2D eigenvalue weighted by Gasteiger charge is 2.28. The van der Waals surface area contributed by atoms with Gasteiger partial charge in [0.15, 0.2) is 11.3 Å². The van der Waals surface area contributed by atoms with Crippen molar-refractivity contribution in [3.05, 3.63) is 46.2 Å². The van der Waals surface area contributed by atoms with Crippen LogP contribution in [0.4, 0.5) is 5.00 Å². The second-order valence-electron chi connectivity index (χ2n) is 6.02. The normalized spacial score (nSPS) is 10.7. The molecular weight excluding hydrogens is 396 g/mol. The average Bonchev–Trinajstić information content (AvgIpc) is 3.27. The molecule has 152 valence electrons. The number of fused-ring (bicyclic) bond motifs is 1. The third kappa shape index (κ3) is 4.27. The van der Waals surface area contributed by atoms with Gasteiger partial charge in [0, 0.05) is 18.5 Å². The van der Waals surface area contributed by atoms with E-state index in [0.29, 0.717) is 17.6 Å². The Labute approximate surface area is 170 Å². The molecule has 29 heavy (non-hydrogen) atoms. The molecule has 3 aromatic rings. The zero-order valence-electron chi connectivity index (χ0n) is 16.2. The van der Waals surface area contributed by atoms with Gasteiger partial charge in [-0.15, -0.1) is 11.3 Å². The van der Waals surface area contributed by atoms with Gasteiger partial charge in [0.25, 0.3) is 5.91 Å². The summed E-state index contributed by atoms with van der Waals surface area (Å²) in [6, 6.07) is 3.22. The van der Waals surface area contributed by atoms with Crippen LogP contribution in [0.15, 0.2) is 24.5 Å². The Morgan fingerprint density at radius 3 is 2.69 bits per heavy atom. The maximum absolute atomic E-state index is 12.7. The van der Waals surface area contributed by atoms with Crippen molar-refractivity contribution in [3.8, 4) is 0 Å². The number of nitrogens with zero attached hydrogens (tertiary/aromatic N) is 3. The molecule has 0 aliphatic carbocycles. The van der Waals surface area contributed by atoms with Gasteiger partial charge in [-0.25, -0.2) is 19.1 Å². The van der Waals surface area contributed by atoms with Crippen LogP contribution in [-0.2, 0) is 9.47 Å². The number of esters is 2. The zero-order chi connectivity index (χ0) is 21.0. The summed E-state index contributed by atoms with van der Waals surface area (Å²) in [5, 5.41) is 7.05. The first-order valence-corrected chi connectivity index (χ1v) is 9.87. The lowest BCUT2D eigenvalue weighted by Gasteiger charge is -2.06. The molecule has 0 radical (unpaired) electrons. The highest BCUT2D eigenvalue weighted by molar-refractivity contribution is 7.18. The lowest BCUT2D eigenvalue weighted by molar-refractivity contribution is 0.0506. The third-order valence-electron chi connectivity index (χ3n) is 3.94. The Balaban J connectivity index is 1.95. The third-order valence-corrected chi connectivity index (χ3v) is 5.13. The number of carbonyl (C=O) groups is 3. The zero-order valence-corrected chi connectivity index (χ0v) is 17.0. The molecule has 0 unspecified atom stereocenters. The minimum atomic E-state index is -0.608. The number of nitrogens with one attached hydrogen (secondary N) is 1. The molecule has 0 aliphatic heterocycles. The molecule has 3 aromatic heterocycles. The van der Waals surface area contributed by atoms with Crippen LogP contribution in [0.3, 0.4) is 0 Å². The van der Waals surface area contributed by atoms with Crippen molar-refractivity contribution in [2.45, 2.75) is 27.2 Å². The summed E-state index contributed by atoms with van der Waals surface area (Å²) in [6.07, 6.45) is 3.91. The Bertz CT molecular complexity index is 1040. The van der Waals surface area contributed by atoms with Crippen molar-refractivity contribution < 1.29 is 23.9 Å². The van der Waals surface area contributed by atoms with Gasteiger partial charge in [-0.3, -0.25) is 4.79 Å². The van der Waals surface area contributed by atoms with E-state index in [1.54, 1.807) is 32.3 Å². The van der Waals surface area contributed by atoms with Gasteiger partial charge in [-0.1, -0.05) is 6.92 Å².